The van der Waals surface area contributed by atoms with Gasteiger partial charge in [-0.1, -0.05) is 19.9 Å². The van der Waals surface area contributed by atoms with Gasteiger partial charge in [0.15, 0.2) is 5.96 Å². The molecule has 7 nitrogen and oxygen atoms in total. The Balaban J connectivity index is 2.07. The van der Waals surface area contributed by atoms with E-state index in [1.54, 1.807) is 24.4 Å². The maximum Gasteiger partial charge on any atom is 0.268 e. The van der Waals surface area contributed by atoms with Crippen molar-refractivity contribution in [1.82, 2.24) is 15.2 Å². The number of hydrogen-bond donors (Lipinski definition) is 3. The van der Waals surface area contributed by atoms with Crippen LogP contribution in [0.5, 0.6) is 0 Å². The van der Waals surface area contributed by atoms with Gasteiger partial charge in [0, 0.05) is 11.6 Å². The smallest absolute Gasteiger partial charge is 0.268 e. The number of anilines is 1. The molecule has 0 saturated heterocycles. The molecule has 122 valence electrons. The van der Waals surface area contributed by atoms with E-state index in [1.165, 1.54) is 11.1 Å². The lowest BCUT2D eigenvalue weighted by molar-refractivity contribution is 0.100. The number of H-pyrrole nitrogens is 1. The number of amides is 1. The molecule has 0 aliphatic heterocycles. The number of nitrogens with zero attached hydrogens (tertiary/aromatic N) is 3. The molecule has 1 amide bonds. The van der Waals surface area contributed by atoms with Crippen LogP contribution in [0.3, 0.4) is 0 Å². The zero-order valence-corrected chi connectivity index (χ0v) is 13.4. The maximum atomic E-state index is 12.9. The van der Waals surface area contributed by atoms with Crippen molar-refractivity contribution in [3.63, 3.8) is 0 Å². The van der Waals surface area contributed by atoms with Crippen LogP contribution in [0.15, 0.2) is 42.7 Å². The second kappa shape index (κ2) is 6.11. The monoisotopic (exact) mass is 322 g/mol. The second-order valence-electron chi connectivity index (χ2n) is 5.76. The number of carbonyl (C=O) groups is 1. The van der Waals surface area contributed by atoms with E-state index in [0.717, 1.165) is 10.9 Å². The van der Waals surface area contributed by atoms with Gasteiger partial charge in [-0.15, -0.1) is 0 Å². The molecule has 4 N–H and O–H groups in total. The molecule has 3 rings (SSSR count). The van der Waals surface area contributed by atoms with Crippen LogP contribution in [0.2, 0.25) is 0 Å². The summed E-state index contributed by atoms with van der Waals surface area (Å²) >= 11 is 0. The van der Waals surface area contributed by atoms with Crippen molar-refractivity contribution in [2.75, 3.05) is 4.90 Å². The van der Waals surface area contributed by atoms with E-state index >= 15 is 0 Å². The summed E-state index contributed by atoms with van der Waals surface area (Å²) in [6.07, 6.45) is 3.17. The quantitative estimate of drug-likeness (QED) is 0.508. The second-order valence-corrected chi connectivity index (χ2v) is 5.76. The van der Waals surface area contributed by atoms with Gasteiger partial charge in [0.25, 0.3) is 5.91 Å². The van der Waals surface area contributed by atoms with E-state index in [2.05, 4.69) is 15.2 Å². The van der Waals surface area contributed by atoms with Crippen LogP contribution in [0, 0.1) is 5.41 Å². The molecule has 0 aliphatic carbocycles. The number of rotatable bonds is 3. The number of carbonyl (C=O) groups excluding carboxylic acids is 1. The minimum Gasteiger partial charge on any atom is -0.369 e. The first-order chi connectivity index (χ1) is 11.5. The lowest BCUT2D eigenvalue weighted by atomic mass is 10.1. The fraction of sp³-hybridized carbons (Fsp3) is 0.176. The average molecular weight is 322 g/mol. The van der Waals surface area contributed by atoms with Gasteiger partial charge < -0.3 is 5.73 Å². The molecule has 3 aromatic rings. The SMILES string of the molecule is CC(C)c1[nH]ncc1C(=O)N(C(=N)N)c1ccc2ncccc2c1. The molecule has 0 atom stereocenters. The molecule has 2 aromatic heterocycles. The van der Waals surface area contributed by atoms with Crippen LogP contribution >= 0.6 is 0 Å². The van der Waals surface area contributed by atoms with Gasteiger partial charge in [-0.05, 0) is 30.2 Å². The van der Waals surface area contributed by atoms with Crippen molar-refractivity contribution in [2.45, 2.75) is 19.8 Å². The van der Waals surface area contributed by atoms with Crippen molar-refractivity contribution in [1.29, 1.82) is 5.41 Å². The van der Waals surface area contributed by atoms with Gasteiger partial charge in [-0.3, -0.25) is 20.3 Å². The molecule has 0 unspecified atom stereocenters. The lowest BCUT2D eigenvalue weighted by Gasteiger charge is -2.21. The highest BCUT2D eigenvalue weighted by atomic mass is 16.2. The molecule has 7 heteroatoms. The Morgan fingerprint density at radius 1 is 1.33 bits per heavy atom. The van der Waals surface area contributed by atoms with Gasteiger partial charge in [0.05, 0.1) is 28.7 Å². The first-order valence-corrected chi connectivity index (χ1v) is 7.55. The summed E-state index contributed by atoms with van der Waals surface area (Å²) in [6.45, 7) is 3.92. The number of benzene rings is 1. The number of aromatic amines is 1. The zero-order chi connectivity index (χ0) is 17.3. The number of hydrogen-bond acceptors (Lipinski definition) is 4. The highest BCUT2D eigenvalue weighted by Gasteiger charge is 2.25. The largest absolute Gasteiger partial charge is 0.369 e. The summed E-state index contributed by atoms with van der Waals surface area (Å²) in [5.74, 6) is -0.636. The lowest BCUT2D eigenvalue weighted by Crippen LogP contribution is -2.41. The molecule has 0 fully saturated rings. The van der Waals surface area contributed by atoms with Crippen LogP contribution in [-0.2, 0) is 0 Å². The Morgan fingerprint density at radius 2 is 2.12 bits per heavy atom. The molecule has 2 heterocycles. The van der Waals surface area contributed by atoms with Crippen molar-refractivity contribution >= 4 is 28.5 Å². The summed E-state index contributed by atoms with van der Waals surface area (Å²) in [6, 6.07) is 9.03. The Hall–Kier alpha value is -3.22. The van der Waals surface area contributed by atoms with Gasteiger partial charge in [0.1, 0.15) is 0 Å². The molecule has 0 spiro atoms. The molecule has 24 heavy (non-hydrogen) atoms. The summed E-state index contributed by atoms with van der Waals surface area (Å²) in [5.41, 5.74) is 8.14. The predicted molar refractivity (Wildman–Crippen MR) is 93.1 cm³/mol. The Labute approximate surface area is 139 Å². The van der Waals surface area contributed by atoms with Gasteiger partial charge in [-0.2, -0.15) is 5.10 Å². The van der Waals surface area contributed by atoms with Gasteiger partial charge in [-0.25, -0.2) is 4.90 Å². The highest BCUT2D eigenvalue weighted by Crippen LogP contribution is 2.24. The first kappa shape index (κ1) is 15.7. The molecular weight excluding hydrogens is 304 g/mol. The molecule has 0 aliphatic rings. The van der Waals surface area contributed by atoms with Crippen LogP contribution in [0.25, 0.3) is 10.9 Å². The number of nitrogens with one attached hydrogen (secondary N) is 2. The Morgan fingerprint density at radius 3 is 2.83 bits per heavy atom. The van der Waals surface area contributed by atoms with E-state index < -0.39 is 0 Å². The molecule has 0 radical (unpaired) electrons. The van der Waals surface area contributed by atoms with E-state index in [9.17, 15) is 4.79 Å². The van der Waals surface area contributed by atoms with Crippen molar-refractivity contribution in [3.05, 3.63) is 54.0 Å². The van der Waals surface area contributed by atoms with E-state index in [1.807, 2.05) is 26.0 Å². The summed E-state index contributed by atoms with van der Waals surface area (Å²) in [7, 11) is 0. The predicted octanol–water partition coefficient (Wildman–Crippen LogP) is 2.62. The number of nitrogens with two attached hydrogens (primary N) is 1. The number of aromatic nitrogens is 3. The Bertz CT molecular complexity index is 914. The van der Waals surface area contributed by atoms with Gasteiger partial charge >= 0.3 is 0 Å². The van der Waals surface area contributed by atoms with Crippen LogP contribution in [0.4, 0.5) is 5.69 Å². The molecule has 0 bridgehead atoms. The zero-order valence-electron chi connectivity index (χ0n) is 13.4. The number of fused-ring (bicyclic) bond motifs is 1. The summed E-state index contributed by atoms with van der Waals surface area (Å²) in [5, 5.41) is 15.5. The first-order valence-electron chi connectivity index (χ1n) is 7.55. The summed E-state index contributed by atoms with van der Waals surface area (Å²) < 4.78 is 0. The highest BCUT2D eigenvalue weighted by molar-refractivity contribution is 6.21. The van der Waals surface area contributed by atoms with Crippen LogP contribution < -0.4 is 10.6 Å². The number of guanidine groups is 1. The normalized spacial score (nSPS) is 11.0. The fourth-order valence-corrected chi connectivity index (χ4v) is 2.59. The van der Waals surface area contributed by atoms with E-state index in [0.29, 0.717) is 16.9 Å². The standard InChI is InChI=1S/C17H18N6O/c1-10(2)15-13(9-21-22-15)16(24)23(17(18)19)12-5-6-14-11(8-12)4-3-7-20-14/h3-10H,1-2H3,(H3,18,19)(H,21,22). The van der Waals surface area contributed by atoms with E-state index in [-0.39, 0.29) is 17.8 Å². The fourth-order valence-electron chi connectivity index (χ4n) is 2.59. The van der Waals surface area contributed by atoms with Crippen molar-refractivity contribution in [2.24, 2.45) is 5.73 Å². The molecule has 1 aromatic carbocycles. The van der Waals surface area contributed by atoms with Gasteiger partial charge in [0.2, 0.25) is 0 Å². The Kier molecular flexibility index (Phi) is 3.99. The third kappa shape index (κ3) is 2.71. The van der Waals surface area contributed by atoms with E-state index in [4.69, 9.17) is 11.1 Å². The van der Waals surface area contributed by atoms with Crippen molar-refractivity contribution < 1.29 is 4.79 Å². The third-order valence-corrected chi connectivity index (χ3v) is 3.77. The summed E-state index contributed by atoms with van der Waals surface area (Å²) in [4.78, 5) is 18.4. The molecule has 0 saturated carbocycles. The minimum atomic E-state index is -0.386. The third-order valence-electron chi connectivity index (χ3n) is 3.77. The number of pyridine rings is 1. The van der Waals surface area contributed by atoms with Crippen molar-refractivity contribution in [3.8, 4) is 0 Å². The van der Waals surface area contributed by atoms with Crippen LogP contribution in [0.1, 0.15) is 35.8 Å². The van der Waals surface area contributed by atoms with Crippen LogP contribution in [-0.4, -0.2) is 27.0 Å². The minimum absolute atomic E-state index is 0.0982. The average Bonchev–Trinajstić information content (AvgIpc) is 3.04. The maximum absolute atomic E-state index is 12.9. The topological polar surface area (TPSA) is 112 Å². The molecular formula is C17H18N6O.